The average molecular weight is 348 g/mol. The van der Waals surface area contributed by atoms with E-state index in [1.165, 1.54) is 18.2 Å². The van der Waals surface area contributed by atoms with Gasteiger partial charge in [-0.15, -0.1) is 0 Å². The van der Waals surface area contributed by atoms with Crippen LogP contribution in [0.2, 0.25) is 5.02 Å². The number of rotatable bonds is 5. The van der Waals surface area contributed by atoms with Crippen molar-refractivity contribution in [2.24, 2.45) is 5.41 Å². The third kappa shape index (κ3) is 5.94. The zero-order chi connectivity index (χ0) is 17.1. The minimum atomic E-state index is -3.51. The van der Waals surface area contributed by atoms with Gasteiger partial charge in [0.25, 0.3) is 5.91 Å². The molecule has 0 bridgehead atoms. The molecule has 0 heterocycles. The van der Waals surface area contributed by atoms with Gasteiger partial charge in [-0.3, -0.25) is 4.79 Å². The lowest BCUT2D eigenvalue weighted by atomic mass is 9.89. The summed E-state index contributed by atoms with van der Waals surface area (Å²) in [5, 5.41) is 12.5. The topological polar surface area (TPSA) is 83.5 Å². The van der Waals surface area contributed by atoms with Crippen LogP contribution in [0.3, 0.4) is 0 Å². The van der Waals surface area contributed by atoms with Gasteiger partial charge in [-0.2, -0.15) is 0 Å². The molecule has 22 heavy (non-hydrogen) atoms. The number of carbonyl (C=O) groups is 1. The van der Waals surface area contributed by atoms with Gasteiger partial charge in [-0.25, -0.2) is 8.42 Å². The lowest BCUT2D eigenvalue weighted by Gasteiger charge is -2.22. The molecule has 0 radical (unpaired) electrons. The van der Waals surface area contributed by atoms with Crippen molar-refractivity contribution in [1.29, 1.82) is 0 Å². The number of amides is 1. The van der Waals surface area contributed by atoms with E-state index in [1.54, 1.807) is 0 Å². The Bertz CT molecular complexity index is 650. The summed E-state index contributed by atoms with van der Waals surface area (Å²) in [6.45, 7) is 6.09. The van der Waals surface area contributed by atoms with Crippen molar-refractivity contribution in [1.82, 2.24) is 5.32 Å². The number of hydrogen-bond acceptors (Lipinski definition) is 4. The largest absolute Gasteiger partial charge is 0.391 e. The maximum absolute atomic E-state index is 12.0. The first-order valence-corrected chi connectivity index (χ1v) is 9.13. The van der Waals surface area contributed by atoms with E-state index >= 15 is 0 Å². The van der Waals surface area contributed by atoms with Gasteiger partial charge in [0.2, 0.25) is 0 Å². The van der Waals surface area contributed by atoms with Gasteiger partial charge < -0.3 is 10.4 Å². The Balaban J connectivity index is 2.79. The summed E-state index contributed by atoms with van der Waals surface area (Å²) in [4.78, 5) is 12.0. The van der Waals surface area contributed by atoms with Crippen molar-refractivity contribution in [3.8, 4) is 0 Å². The predicted octanol–water partition coefficient (Wildman–Crippen LogP) is 2.27. The third-order valence-electron chi connectivity index (χ3n) is 2.94. The molecule has 1 unspecified atom stereocenters. The summed E-state index contributed by atoms with van der Waals surface area (Å²) >= 11 is 5.83. The van der Waals surface area contributed by atoms with Crippen LogP contribution in [-0.2, 0) is 9.84 Å². The van der Waals surface area contributed by atoms with Gasteiger partial charge in [-0.05, 0) is 30.0 Å². The van der Waals surface area contributed by atoms with E-state index in [0.29, 0.717) is 6.42 Å². The maximum atomic E-state index is 12.0. The van der Waals surface area contributed by atoms with E-state index in [0.717, 1.165) is 6.26 Å². The maximum Gasteiger partial charge on any atom is 0.251 e. The van der Waals surface area contributed by atoms with Gasteiger partial charge in [0.1, 0.15) is 0 Å². The molecule has 124 valence electrons. The molecule has 0 aromatic heterocycles. The number of halogens is 1. The highest BCUT2D eigenvalue weighted by Gasteiger charge is 2.19. The highest BCUT2D eigenvalue weighted by Crippen LogP contribution is 2.23. The Morgan fingerprint density at radius 3 is 2.45 bits per heavy atom. The number of benzene rings is 1. The predicted molar refractivity (Wildman–Crippen MR) is 87.0 cm³/mol. The second kappa shape index (κ2) is 6.98. The summed E-state index contributed by atoms with van der Waals surface area (Å²) in [6, 6.07) is 4.06. The fourth-order valence-electron chi connectivity index (χ4n) is 2.02. The number of carbonyl (C=O) groups excluding carboxylic acids is 1. The quantitative estimate of drug-likeness (QED) is 0.855. The Morgan fingerprint density at radius 1 is 1.36 bits per heavy atom. The molecule has 0 fully saturated rings. The van der Waals surface area contributed by atoms with Crippen molar-refractivity contribution in [3.05, 3.63) is 28.8 Å². The number of nitrogens with one attached hydrogen (secondary N) is 1. The van der Waals surface area contributed by atoms with Crippen LogP contribution in [0.15, 0.2) is 23.1 Å². The van der Waals surface area contributed by atoms with E-state index in [4.69, 9.17) is 11.6 Å². The van der Waals surface area contributed by atoms with Crippen LogP contribution in [0.1, 0.15) is 37.6 Å². The van der Waals surface area contributed by atoms with Crippen molar-refractivity contribution >= 4 is 27.3 Å². The van der Waals surface area contributed by atoms with Crippen molar-refractivity contribution in [2.75, 3.05) is 12.8 Å². The van der Waals surface area contributed by atoms with Crippen LogP contribution in [-0.4, -0.2) is 38.3 Å². The van der Waals surface area contributed by atoms with Gasteiger partial charge in [0, 0.05) is 18.4 Å². The zero-order valence-corrected chi connectivity index (χ0v) is 14.8. The molecule has 0 spiro atoms. The Labute approximate surface area is 136 Å². The number of aliphatic hydroxyl groups excluding tert-OH is 1. The normalized spacial score (nSPS) is 13.7. The summed E-state index contributed by atoms with van der Waals surface area (Å²) in [7, 11) is -3.51. The van der Waals surface area contributed by atoms with Crippen LogP contribution in [0, 0.1) is 5.41 Å². The molecule has 1 aromatic carbocycles. The molecule has 7 heteroatoms. The van der Waals surface area contributed by atoms with Crippen LogP contribution in [0.5, 0.6) is 0 Å². The van der Waals surface area contributed by atoms with Crippen molar-refractivity contribution in [3.63, 3.8) is 0 Å². The molecule has 0 aliphatic carbocycles. The molecule has 1 amide bonds. The van der Waals surface area contributed by atoms with E-state index in [-0.39, 0.29) is 27.4 Å². The summed E-state index contributed by atoms with van der Waals surface area (Å²) in [5.41, 5.74) is 0.140. The van der Waals surface area contributed by atoms with Crippen molar-refractivity contribution in [2.45, 2.75) is 38.2 Å². The van der Waals surface area contributed by atoms with E-state index < -0.39 is 21.8 Å². The first-order valence-electron chi connectivity index (χ1n) is 6.86. The van der Waals surface area contributed by atoms with Gasteiger partial charge in [-0.1, -0.05) is 32.4 Å². The number of aliphatic hydroxyl groups is 1. The Morgan fingerprint density at radius 2 is 1.95 bits per heavy atom. The van der Waals surface area contributed by atoms with Gasteiger partial charge in [0.05, 0.1) is 16.0 Å². The molecule has 5 nitrogen and oxygen atoms in total. The molecule has 1 atom stereocenters. The number of sulfone groups is 1. The summed E-state index contributed by atoms with van der Waals surface area (Å²) < 4.78 is 23.2. The van der Waals surface area contributed by atoms with Crippen molar-refractivity contribution < 1.29 is 18.3 Å². The van der Waals surface area contributed by atoms with Crippen LogP contribution >= 0.6 is 11.6 Å². The minimum Gasteiger partial charge on any atom is -0.391 e. The summed E-state index contributed by atoms with van der Waals surface area (Å²) in [6.07, 6.45) is 0.913. The first kappa shape index (κ1) is 18.9. The fourth-order valence-corrected chi connectivity index (χ4v) is 3.32. The SMILES string of the molecule is CC(C)(C)CC(O)CNC(=O)c1ccc(Cl)c(S(C)(=O)=O)c1. The first-order chi connectivity index (χ1) is 9.90. The molecule has 0 saturated carbocycles. The monoisotopic (exact) mass is 347 g/mol. The van der Waals surface area contributed by atoms with E-state index in [1.807, 2.05) is 20.8 Å². The molecule has 1 rings (SSSR count). The summed E-state index contributed by atoms with van der Waals surface area (Å²) in [5.74, 6) is -0.450. The van der Waals surface area contributed by atoms with Gasteiger partial charge in [0.15, 0.2) is 9.84 Å². The second-order valence-electron chi connectivity index (χ2n) is 6.55. The highest BCUT2D eigenvalue weighted by atomic mass is 35.5. The Hall–Kier alpha value is -1.11. The third-order valence-corrected chi connectivity index (χ3v) is 4.52. The minimum absolute atomic E-state index is 0.0477. The highest BCUT2D eigenvalue weighted by molar-refractivity contribution is 7.90. The second-order valence-corrected chi connectivity index (χ2v) is 8.94. The van der Waals surface area contributed by atoms with Crippen LogP contribution in [0.25, 0.3) is 0 Å². The zero-order valence-electron chi connectivity index (χ0n) is 13.2. The lowest BCUT2D eigenvalue weighted by molar-refractivity contribution is 0.0868. The average Bonchev–Trinajstić information content (AvgIpc) is 2.33. The molecular weight excluding hydrogens is 326 g/mol. The molecule has 0 saturated heterocycles. The standard InChI is InChI=1S/C15H22ClNO4S/c1-15(2,3)8-11(18)9-17-14(19)10-5-6-12(16)13(7-10)22(4,20)21/h5-7,11,18H,8-9H2,1-4H3,(H,17,19). The van der Waals surface area contributed by atoms with Gasteiger partial charge >= 0.3 is 0 Å². The van der Waals surface area contributed by atoms with Crippen LogP contribution < -0.4 is 5.32 Å². The van der Waals surface area contributed by atoms with Crippen LogP contribution in [0.4, 0.5) is 0 Å². The smallest absolute Gasteiger partial charge is 0.251 e. The number of hydrogen-bond donors (Lipinski definition) is 2. The molecular formula is C15H22ClNO4S. The van der Waals surface area contributed by atoms with E-state index in [2.05, 4.69) is 5.32 Å². The lowest BCUT2D eigenvalue weighted by Crippen LogP contribution is -2.34. The molecule has 1 aromatic rings. The fraction of sp³-hybridized carbons (Fsp3) is 0.533. The molecule has 0 aliphatic heterocycles. The molecule has 2 N–H and O–H groups in total. The Kier molecular flexibility index (Phi) is 6.01. The molecule has 0 aliphatic rings. The van der Waals surface area contributed by atoms with E-state index in [9.17, 15) is 18.3 Å².